The highest BCUT2D eigenvalue weighted by molar-refractivity contribution is 9.10. The molecule has 78 valence electrons. The van der Waals surface area contributed by atoms with Gasteiger partial charge in [0.1, 0.15) is 0 Å². The molecule has 0 spiro atoms. The molecule has 0 aromatic heterocycles. The second-order valence-corrected chi connectivity index (χ2v) is 5.06. The highest BCUT2D eigenvalue weighted by Gasteiger charge is 2.26. The molecule has 0 amide bonds. The van der Waals surface area contributed by atoms with Gasteiger partial charge in [-0.1, -0.05) is 39.7 Å². The van der Waals surface area contributed by atoms with Gasteiger partial charge in [-0.15, -0.1) is 0 Å². The van der Waals surface area contributed by atoms with Crippen molar-refractivity contribution in [1.29, 1.82) is 0 Å². The predicted octanol–water partition coefficient (Wildman–Crippen LogP) is 4.31. The molecule has 0 aliphatic heterocycles. The summed E-state index contributed by atoms with van der Waals surface area (Å²) in [6, 6.07) is 11.2. The summed E-state index contributed by atoms with van der Waals surface area (Å²) in [5.41, 5.74) is 3.39. The lowest BCUT2D eigenvalue weighted by molar-refractivity contribution is 0.104. The van der Waals surface area contributed by atoms with Crippen molar-refractivity contribution in [3.8, 4) is 11.1 Å². The Labute approximate surface area is 106 Å². The van der Waals surface area contributed by atoms with E-state index in [1.165, 1.54) is 0 Å². The van der Waals surface area contributed by atoms with Gasteiger partial charge in [-0.05, 0) is 35.4 Å². The first-order valence-corrected chi connectivity index (χ1v) is 5.98. The van der Waals surface area contributed by atoms with Gasteiger partial charge in [-0.25, -0.2) is 0 Å². The molecule has 2 aromatic carbocycles. The number of hydrogen-bond donors (Lipinski definition) is 0. The monoisotopic (exact) mass is 292 g/mol. The zero-order valence-electron chi connectivity index (χ0n) is 8.13. The Kier molecular flexibility index (Phi) is 2.16. The second-order valence-electron chi connectivity index (χ2n) is 3.71. The normalized spacial score (nSPS) is 12.5. The van der Waals surface area contributed by atoms with E-state index in [1.54, 1.807) is 6.07 Å². The average Bonchev–Trinajstić information content (AvgIpc) is 2.53. The standard InChI is InChI=1S/C13H6BrClO/c14-7-1-3-9-10-4-2-8(15)6-12(10)13(16)11(9)5-7/h1-6H. The van der Waals surface area contributed by atoms with E-state index in [9.17, 15) is 4.79 Å². The Morgan fingerprint density at radius 1 is 0.875 bits per heavy atom. The van der Waals surface area contributed by atoms with E-state index in [4.69, 9.17) is 11.6 Å². The first-order chi connectivity index (χ1) is 7.66. The molecule has 0 N–H and O–H groups in total. The summed E-state index contributed by atoms with van der Waals surface area (Å²) in [4.78, 5) is 12.1. The van der Waals surface area contributed by atoms with E-state index < -0.39 is 0 Å². The summed E-state index contributed by atoms with van der Waals surface area (Å²) < 4.78 is 0.915. The fourth-order valence-corrected chi connectivity index (χ4v) is 2.56. The SMILES string of the molecule is O=C1c2cc(Cl)ccc2-c2ccc(Br)cc21. The Balaban J connectivity index is 2.34. The van der Waals surface area contributed by atoms with E-state index in [0.29, 0.717) is 10.6 Å². The number of benzene rings is 2. The van der Waals surface area contributed by atoms with Gasteiger partial charge in [0.25, 0.3) is 0 Å². The van der Waals surface area contributed by atoms with Gasteiger partial charge in [-0.2, -0.15) is 0 Å². The minimum Gasteiger partial charge on any atom is -0.289 e. The van der Waals surface area contributed by atoms with Crippen LogP contribution in [0.4, 0.5) is 0 Å². The number of carbonyl (C=O) groups is 1. The second kappa shape index (κ2) is 3.44. The van der Waals surface area contributed by atoms with Crippen LogP contribution in [0.5, 0.6) is 0 Å². The van der Waals surface area contributed by atoms with Crippen LogP contribution in [0.2, 0.25) is 5.02 Å². The first kappa shape index (κ1) is 10.1. The number of hydrogen-bond acceptors (Lipinski definition) is 1. The zero-order chi connectivity index (χ0) is 11.3. The lowest BCUT2D eigenvalue weighted by Gasteiger charge is -1.99. The highest BCUT2D eigenvalue weighted by atomic mass is 79.9. The topological polar surface area (TPSA) is 17.1 Å². The molecule has 1 aliphatic carbocycles. The van der Waals surface area contributed by atoms with Crippen molar-refractivity contribution in [3.63, 3.8) is 0 Å². The predicted molar refractivity (Wildman–Crippen MR) is 68.0 cm³/mol. The Morgan fingerprint density at radius 2 is 1.50 bits per heavy atom. The van der Waals surface area contributed by atoms with Crippen LogP contribution in [0.15, 0.2) is 40.9 Å². The van der Waals surface area contributed by atoms with Crippen LogP contribution >= 0.6 is 27.5 Å². The fraction of sp³-hybridized carbons (Fsp3) is 0. The van der Waals surface area contributed by atoms with Gasteiger partial charge in [-0.3, -0.25) is 4.79 Å². The third kappa shape index (κ3) is 1.34. The van der Waals surface area contributed by atoms with E-state index in [1.807, 2.05) is 30.3 Å². The van der Waals surface area contributed by atoms with Crippen LogP contribution < -0.4 is 0 Å². The molecule has 0 unspecified atom stereocenters. The van der Waals surface area contributed by atoms with Crippen molar-refractivity contribution in [2.24, 2.45) is 0 Å². The molecule has 0 atom stereocenters. The summed E-state index contributed by atoms with van der Waals surface area (Å²) in [6.45, 7) is 0. The number of carbonyl (C=O) groups excluding carboxylic acids is 1. The Morgan fingerprint density at radius 3 is 2.25 bits per heavy atom. The summed E-state index contributed by atoms with van der Waals surface area (Å²) in [6.07, 6.45) is 0. The molecule has 0 radical (unpaired) electrons. The molecule has 0 saturated heterocycles. The zero-order valence-corrected chi connectivity index (χ0v) is 10.5. The van der Waals surface area contributed by atoms with E-state index in [0.717, 1.165) is 21.2 Å². The number of ketones is 1. The van der Waals surface area contributed by atoms with Gasteiger partial charge in [0, 0.05) is 20.6 Å². The maximum Gasteiger partial charge on any atom is 0.194 e. The molecule has 0 saturated carbocycles. The minimum atomic E-state index is 0.0498. The fourth-order valence-electron chi connectivity index (χ4n) is 2.02. The van der Waals surface area contributed by atoms with Gasteiger partial charge in [0.15, 0.2) is 5.78 Å². The quantitative estimate of drug-likeness (QED) is 0.603. The van der Waals surface area contributed by atoms with Crippen LogP contribution in [0, 0.1) is 0 Å². The molecule has 0 bridgehead atoms. The number of rotatable bonds is 0. The molecule has 16 heavy (non-hydrogen) atoms. The van der Waals surface area contributed by atoms with Gasteiger partial charge < -0.3 is 0 Å². The van der Waals surface area contributed by atoms with Crippen molar-refractivity contribution >= 4 is 33.3 Å². The smallest absolute Gasteiger partial charge is 0.194 e. The molecule has 3 heteroatoms. The number of fused-ring (bicyclic) bond motifs is 3. The summed E-state index contributed by atoms with van der Waals surface area (Å²) in [7, 11) is 0. The number of halogens is 2. The van der Waals surface area contributed by atoms with Gasteiger partial charge in [0.2, 0.25) is 0 Å². The third-order valence-electron chi connectivity index (χ3n) is 2.74. The van der Waals surface area contributed by atoms with Gasteiger partial charge in [0.05, 0.1) is 0 Å². The summed E-state index contributed by atoms with van der Waals surface area (Å²) in [5.74, 6) is 0.0498. The van der Waals surface area contributed by atoms with E-state index >= 15 is 0 Å². The molecular formula is C13H6BrClO. The van der Waals surface area contributed by atoms with Crippen LogP contribution in [0.3, 0.4) is 0 Å². The van der Waals surface area contributed by atoms with Crippen molar-refractivity contribution in [2.75, 3.05) is 0 Å². The highest BCUT2D eigenvalue weighted by Crippen LogP contribution is 2.38. The van der Waals surface area contributed by atoms with Crippen molar-refractivity contribution in [2.45, 2.75) is 0 Å². The van der Waals surface area contributed by atoms with Crippen molar-refractivity contribution in [3.05, 3.63) is 57.0 Å². The maximum atomic E-state index is 12.1. The lowest BCUT2D eigenvalue weighted by atomic mass is 10.1. The molecular weight excluding hydrogens is 287 g/mol. The average molecular weight is 294 g/mol. The first-order valence-electron chi connectivity index (χ1n) is 4.81. The van der Waals surface area contributed by atoms with E-state index in [-0.39, 0.29) is 5.78 Å². The minimum absolute atomic E-state index is 0.0498. The van der Waals surface area contributed by atoms with Crippen molar-refractivity contribution < 1.29 is 4.79 Å². The molecule has 3 rings (SSSR count). The van der Waals surface area contributed by atoms with Crippen LogP contribution in [-0.2, 0) is 0 Å². The summed E-state index contributed by atoms with van der Waals surface area (Å²) in [5, 5.41) is 0.596. The largest absolute Gasteiger partial charge is 0.289 e. The van der Waals surface area contributed by atoms with Gasteiger partial charge >= 0.3 is 0 Å². The summed E-state index contributed by atoms with van der Waals surface area (Å²) >= 11 is 9.27. The third-order valence-corrected chi connectivity index (χ3v) is 3.47. The van der Waals surface area contributed by atoms with E-state index in [2.05, 4.69) is 15.9 Å². The molecule has 2 aromatic rings. The molecule has 0 fully saturated rings. The molecule has 1 nitrogen and oxygen atoms in total. The van der Waals surface area contributed by atoms with Crippen molar-refractivity contribution in [1.82, 2.24) is 0 Å². The lowest BCUT2D eigenvalue weighted by Crippen LogP contribution is -1.94. The maximum absolute atomic E-state index is 12.1. The van der Waals surface area contributed by atoms with Crippen LogP contribution in [0.25, 0.3) is 11.1 Å². The Bertz CT molecular complexity index is 566. The van der Waals surface area contributed by atoms with Crippen LogP contribution in [-0.4, -0.2) is 5.78 Å². The molecule has 1 aliphatic rings. The molecule has 0 heterocycles. The van der Waals surface area contributed by atoms with Crippen LogP contribution in [0.1, 0.15) is 15.9 Å². The Hall–Kier alpha value is -1.12.